The minimum Gasteiger partial charge on any atom is -0.469 e. The maximum atomic E-state index is 12.4. The Morgan fingerprint density at radius 1 is 1.02 bits per heavy atom. The molecule has 1 saturated heterocycles. The van der Waals surface area contributed by atoms with Crippen molar-refractivity contribution in [2.24, 2.45) is 26.8 Å². The number of hydrogen-bond donors (Lipinski definition) is 2. The predicted octanol–water partition coefficient (Wildman–Crippen LogP) is 8.76. The molecular formula is C44H52N4O4Sn. The maximum absolute atomic E-state index is 12.4. The Labute approximate surface area is 318 Å². The van der Waals surface area contributed by atoms with Crippen molar-refractivity contribution in [3.8, 4) is 0 Å². The van der Waals surface area contributed by atoms with E-state index in [9.17, 15) is 9.90 Å². The fourth-order valence-electron chi connectivity index (χ4n) is 8.45. The molecule has 7 rings (SSSR count). The number of carbonyl (C=O) groups excluding carboxylic acids is 1. The van der Waals surface area contributed by atoms with Gasteiger partial charge in [0.15, 0.2) is 0 Å². The molecule has 0 saturated carbocycles. The van der Waals surface area contributed by atoms with Crippen LogP contribution in [0.4, 0.5) is 0 Å². The van der Waals surface area contributed by atoms with Gasteiger partial charge in [0.05, 0.1) is 18.5 Å². The molecular weight excluding hydrogens is 767 g/mol. The first-order valence-corrected chi connectivity index (χ1v) is 28.9. The van der Waals surface area contributed by atoms with Crippen LogP contribution in [0, 0.1) is 11.8 Å². The van der Waals surface area contributed by atoms with Crippen molar-refractivity contribution in [3.63, 3.8) is 0 Å². The fraction of sp³-hybridized carbons (Fsp3) is 0.409. The molecule has 0 spiro atoms. The molecule has 0 aromatic heterocycles. The van der Waals surface area contributed by atoms with Crippen LogP contribution < -0.4 is 8.90 Å². The number of aliphatic hydroxyl groups is 1. The number of allylic oxidation sites excluding steroid dienone is 11. The third kappa shape index (κ3) is 6.82. The molecule has 8 nitrogen and oxygen atoms in total. The van der Waals surface area contributed by atoms with Crippen LogP contribution in [0.2, 0.25) is 14.8 Å². The van der Waals surface area contributed by atoms with Gasteiger partial charge in [-0.25, -0.2) is 4.99 Å². The molecule has 0 amide bonds. The summed E-state index contributed by atoms with van der Waals surface area (Å²) in [7, 11) is 1.43. The molecule has 1 aromatic carbocycles. The Bertz CT molecular complexity index is 2180. The molecule has 2 N–H and O–H groups in total. The summed E-state index contributed by atoms with van der Waals surface area (Å²) in [5.41, 5.74) is 15.5. The first-order chi connectivity index (χ1) is 25.2. The van der Waals surface area contributed by atoms with Gasteiger partial charge in [0, 0.05) is 35.6 Å². The van der Waals surface area contributed by atoms with Crippen molar-refractivity contribution in [3.05, 3.63) is 121 Å². The molecule has 0 radical (unpaired) electrons. The summed E-state index contributed by atoms with van der Waals surface area (Å²) in [6.07, 6.45) is 8.24. The number of carbonyl (C=O) groups is 1. The van der Waals surface area contributed by atoms with Gasteiger partial charge >= 0.3 is 195 Å². The molecule has 6 aliphatic rings. The van der Waals surface area contributed by atoms with Gasteiger partial charge in [-0.05, 0) is 31.4 Å². The van der Waals surface area contributed by atoms with Crippen LogP contribution in [0.1, 0.15) is 72.8 Å². The van der Waals surface area contributed by atoms with E-state index in [4.69, 9.17) is 24.5 Å². The summed E-state index contributed by atoms with van der Waals surface area (Å²) in [5, 5.41) is 15.1. The topological polar surface area (TPSA) is 105 Å². The summed E-state index contributed by atoms with van der Waals surface area (Å²) in [6, 6.07) is 8.93. The Hall–Kier alpha value is -4.02. The van der Waals surface area contributed by atoms with Gasteiger partial charge in [0.2, 0.25) is 0 Å². The smallest absolute Gasteiger partial charge is 0.469 e. The van der Waals surface area contributed by atoms with Gasteiger partial charge in [-0.1, -0.05) is 13.8 Å². The van der Waals surface area contributed by atoms with Gasteiger partial charge in [-0.2, -0.15) is 0 Å². The second-order valence-corrected chi connectivity index (χ2v) is 30.5. The van der Waals surface area contributed by atoms with Crippen molar-refractivity contribution in [1.82, 2.24) is 5.32 Å². The van der Waals surface area contributed by atoms with E-state index in [1.165, 1.54) is 21.8 Å². The third-order valence-corrected chi connectivity index (χ3v) is 17.5. The van der Waals surface area contributed by atoms with Gasteiger partial charge in [0.25, 0.3) is 0 Å². The summed E-state index contributed by atoms with van der Waals surface area (Å²) >= 11 is -2.24. The zero-order valence-corrected chi connectivity index (χ0v) is 35.7. The molecule has 1 unspecified atom stereocenters. The fourth-order valence-corrected chi connectivity index (χ4v) is 11.9. The van der Waals surface area contributed by atoms with E-state index in [-0.39, 0.29) is 23.9 Å². The molecule has 276 valence electrons. The van der Waals surface area contributed by atoms with Crippen LogP contribution in [0.5, 0.6) is 0 Å². The van der Waals surface area contributed by atoms with Crippen LogP contribution in [-0.4, -0.2) is 59.8 Å². The summed E-state index contributed by atoms with van der Waals surface area (Å²) < 4.78 is 13.2. The second kappa shape index (κ2) is 14.3. The van der Waals surface area contributed by atoms with Crippen LogP contribution in [0.25, 0.3) is 0 Å². The molecule has 9 heteroatoms. The summed E-state index contributed by atoms with van der Waals surface area (Å²) in [5.74, 6) is 0.148. The van der Waals surface area contributed by atoms with Crippen LogP contribution in [-0.2, 0) is 20.9 Å². The number of methoxy groups -OCH3 is 1. The number of benzene rings is 1. The number of hydrogen-bond acceptors (Lipinski definition) is 8. The van der Waals surface area contributed by atoms with E-state index in [0.717, 1.165) is 85.5 Å². The first-order valence-electron chi connectivity index (χ1n) is 18.9. The van der Waals surface area contributed by atoms with Crippen molar-refractivity contribution in [1.29, 1.82) is 0 Å². The standard InChI is InChI=1S/C41H43N4O4.3CH3.Sn/c1-8-27-21(2)30-19-35-38(25(6)49-20-26-12-10-9-11-13-26)23(4)32(43-35)17-31-22(3)28(14-15-37(47)48-7)40(44-31)29-16-36(46)39-24(5)33(45-41(29)39)18-34(27)42-30;;;;/h9-10,12-13,17-19,22,25,28,44,46H,8,14-16,20H2,1-7H3;3*1H3;/t22-,25?,28-;;;;/m0..../s1. The third-order valence-electron chi connectivity index (χ3n) is 11.7. The molecule has 8 bridgehead atoms. The quantitative estimate of drug-likeness (QED) is 0.192. The minimum absolute atomic E-state index is 0.000965. The molecule has 1 aromatic rings. The SMILES string of the molecule is CCC1=C(C)C2=NC1=CC1=C(C)C3=C(O)CC(=C4NC(=CC5=NC(=C2)C(C(C)OCc2ccc[c]([Sn]([CH3])([CH3])[CH3])c2)=C5C)[C@@H](C)[C@@H]4CCC(=O)OC)C3=N1. The molecule has 3 atom stereocenters. The van der Waals surface area contributed by atoms with E-state index in [2.05, 4.69) is 97.2 Å². The number of ether oxygens (including phenoxy) is 2. The van der Waals surface area contributed by atoms with Crippen molar-refractivity contribution >= 4 is 45.1 Å². The average Bonchev–Trinajstić information content (AvgIpc) is 3.88. The normalized spacial score (nSPS) is 23.0. The number of esters is 1. The van der Waals surface area contributed by atoms with E-state index in [1.807, 2.05) is 6.92 Å². The number of aliphatic imine (C=N–C) groups is 3. The number of nitrogens with one attached hydrogen (secondary N) is 1. The Morgan fingerprint density at radius 3 is 2.47 bits per heavy atom. The summed E-state index contributed by atoms with van der Waals surface area (Å²) in [4.78, 5) is 35.4. The number of fused-ring (bicyclic) bond motifs is 5. The average molecular weight is 820 g/mol. The number of rotatable bonds is 9. The molecule has 1 fully saturated rings. The van der Waals surface area contributed by atoms with Crippen LogP contribution >= 0.6 is 0 Å². The Kier molecular flexibility index (Phi) is 10.1. The molecule has 5 aliphatic heterocycles. The zero-order valence-electron chi connectivity index (χ0n) is 32.8. The van der Waals surface area contributed by atoms with Gasteiger partial charge < -0.3 is 9.84 Å². The minimum atomic E-state index is -2.24. The Balaban J connectivity index is 1.36. The van der Waals surface area contributed by atoms with E-state index >= 15 is 0 Å². The molecule has 5 heterocycles. The van der Waals surface area contributed by atoms with E-state index < -0.39 is 18.4 Å². The monoisotopic (exact) mass is 820 g/mol. The molecule has 1 aliphatic carbocycles. The number of nitrogens with zero attached hydrogens (tertiary/aromatic N) is 3. The van der Waals surface area contributed by atoms with Crippen LogP contribution in [0.3, 0.4) is 0 Å². The Morgan fingerprint density at radius 2 is 1.75 bits per heavy atom. The number of aliphatic hydroxyl groups excluding tert-OH is 1. The molecule has 53 heavy (non-hydrogen) atoms. The van der Waals surface area contributed by atoms with Gasteiger partial charge in [0.1, 0.15) is 5.76 Å². The first kappa shape index (κ1) is 37.3. The van der Waals surface area contributed by atoms with Gasteiger partial charge in [-0.3, -0.25) is 4.79 Å². The zero-order chi connectivity index (χ0) is 37.9. The summed E-state index contributed by atoms with van der Waals surface area (Å²) in [6.45, 7) is 13.3. The van der Waals surface area contributed by atoms with Crippen LogP contribution in [0.15, 0.2) is 131 Å². The second-order valence-electron chi connectivity index (χ2n) is 16.0. The van der Waals surface area contributed by atoms with E-state index in [0.29, 0.717) is 31.6 Å². The van der Waals surface area contributed by atoms with Crippen molar-refractivity contribution in [2.75, 3.05) is 7.11 Å². The van der Waals surface area contributed by atoms with Gasteiger partial charge in [-0.15, -0.1) is 0 Å². The van der Waals surface area contributed by atoms with Crippen molar-refractivity contribution < 1.29 is 19.4 Å². The predicted molar refractivity (Wildman–Crippen MR) is 217 cm³/mol. The van der Waals surface area contributed by atoms with Crippen molar-refractivity contribution in [2.45, 2.75) is 94.8 Å². The van der Waals surface area contributed by atoms with E-state index in [1.54, 1.807) is 0 Å².